The minimum atomic E-state index is -0.395. The van der Waals surface area contributed by atoms with E-state index in [1.807, 2.05) is 54.3 Å². The van der Waals surface area contributed by atoms with Crippen LogP contribution >= 0.6 is 11.6 Å². The number of nitrogens with one attached hydrogen (secondary N) is 1. The smallest absolute Gasteiger partial charge is 0.229 e. The summed E-state index contributed by atoms with van der Waals surface area (Å²) in [5, 5.41) is 3.49. The largest absolute Gasteiger partial charge is 0.496 e. The number of carbonyl (C=O) groups is 2. The summed E-state index contributed by atoms with van der Waals surface area (Å²) < 4.78 is 5.57. The Bertz CT molecular complexity index is 915. The first-order valence-electron chi connectivity index (χ1n) is 10.5. The first-order chi connectivity index (χ1) is 14.5. The molecule has 1 aliphatic heterocycles. The molecular formula is C24H29ClN2O3. The third-order valence-electron chi connectivity index (χ3n) is 5.64. The van der Waals surface area contributed by atoms with E-state index in [-0.39, 0.29) is 17.9 Å². The zero-order chi connectivity index (χ0) is 21.7. The Morgan fingerprint density at radius 2 is 2.03 bits per heavy atom. The van der Waals surface area contributed by atoms with Gasteiger partial charge in [0.1, 0.15) is 5.75 Å². The zero-order valence-corrected chi connectivity index (χ0v) is 18.5. The van der Waals surface area contributed by atoms with Gasteiger partial charge in [-0.15, -0.1) is 0 Å². The number of methoxy groups -OCH3 is 1. The number of amides is 2. The highest BCUT2D eigenvalue weighted by Gasteiger charge is 2.41. The number of hydrogen-bond donors (Lipinski definition) is 1. The molecule has 0 unspecified atom stereocenters. The minimum Gasteiger partial charge on any atom is -0.496 e. The van der Waals surface area contributed by atoms with Gasteiger partial charge in [-0.05, 0) is 43.5 Å². The van der Waals surface area contributed by atoms with Crippen molar-refractivity contribution in [2.24, 2.45) is 5.92 Å². The van der Waals surface area contributed by atoms with Crippen LogP contribution in [-0.4, -0.2) is 30.4 Å². The lowest BCUT2D eigenvalue weighted by Crippen LogP contribution is -2.47. The van der Waals surface area contributed by atoms with Crippen molar-refractivity contribution in [1.29, 1.82) is 0 Å². The SMILES string of the molecule is CCCCN1C(=O)CC[C@H](C(=O)Nc2ccc(C)cc2Cl)[C@H]1c1ccccc1OC. The van der Waals surface area contributed by atoms with Crippen molar-refractivity contribution in [3.8, 4) is 5.75 Å². The standard InChI is InChI=1S/C24H29ClN2O3/c1-4-5-14-27-22(28)13-11-18(23(27)17-8-6-7-9-21(17)30-3)24(29)26-20-12-10-16(2)15-19(20)25/h6-10,12,15,18,23H,4-5,11,13-14H2,1-3H3,(H,26,29)/t18-,23+/m0/s1. The van der Waals surface area contributed by atoms with Gasteiger partial charge in [0.15, 0.2) is 0 Å². The average Bonchev–Trinajstić information content (AvgIpc) is 2.74. The molecule has 1 saturated heterocycles. The molecule has 2 amide bonds. The second-order valence-electron chi connectivity index (χ2n) is 7.75. The first-order valence-corrected chi connectivity index (χ1v) is 10.8. The van der Waals surface area contributed by atoms with E-state index in [0.717, 1.165) is 24.0 Å². The number of likely N-dealkylation sites (tertiary alicyclic amines) is 1. The van der Waals surface area contributed by atoms with Crippen LogP contribution < -0.4 is 10.1 Å². The van der Waals surface area contributed by atoms with Crippen molar-refractivity contribution in [1.82, 2.24) is 4.90 Å². The summed E-state index contributed by atoms with van der Waals surface area (Å²) in [5.74, 6) is 0.237. The molecule has 1 aliphatic rings. The molecule has 0 saturated carbocycles. The van der Waals surface area contributed by atoms with Crippen LogP contribution in [0.2, 0.25) is 5.02 Å². The lowest BCUT2D eigenvalue weighted by Gasteiger charge is -2.41. The fraction of sp³-hybridized carbons (Fsp3) is 0.417. The van der Waals surface area contributed by atoms with Crippen molar-refractivity contribution in [3.05, 3.63) is 58.6 Å². The average molecular weight is 429 g/mol. The molecule has 5 nitrogen and oxygen atoms in total. The van der Waals surface area contributed by atoms with Crippen LogP contribution in [-0.2, 0) is 9.59 Å². The van der Waals surface area contributed by atoms with Crippen molar-refractivity contribution in [2.75, 3.05) is 19.0 Å². The van der Waals surface area contributed by atoms with Crippen LogP contribution in [0.1, 0.15) is 49.8 Å². The summed E-state index contributed by atoms with van der Waals surface area (Å²) in [6.07, 6.45) is 2.70. The molecule has 1 heterocycles. The lowest BCUT2D eigenvalue weighted by molar-refractivity contribution is -0.142. The first kappa shape index (κ1) is 22.2. The molecule has 0 spiro atoms. The summed E-state index contributed by atoms with van der Waals surface area (Å²) in [6, 6.07) is 12.8. The number of para-hydroxylation sites is 1. The number of aryl methyl sites for hydroxylation is 1. The summed E-state index contributed by atoms with van der Waals surface area (Å²) in [6.45, 7) is 4.66. The maximum absolute atomic E-state index is 13.4. The van der Waals surface area contributed by atoms with Gasteiger partial charge in [-0.25, -0.2) is 0 Å². The maximum atomic E-state index is 13.4. The Morgan fingerprint density at radius 3 is 2.73 bits per heavy atom. The molecule has 3 rings (SSSR count). The van der Waals surface area contributed by atoms with Crippen molar-refractivity contribution < 1.29 is 14.3 Å². The molecule has 6 heteroatoms. The number of piperidine rings is 1. The Morgan fingerprint density at radius 1 is 1.27 bits per heavy atom. The number of anilines is 1. The van der Waals surface area contributed by atoms with Crippen LogP contribution in [0.3, 0.4) is 0 Å². The molecule has 2 aromatic carbocycles. The van der Waals surface area contributed by atoms with Gasteiger partial charge < -0.3 is 15.0 Å². The molecular weight excluding hydrogens is 400 g/mol. The van der Waals surface area contributed by atoms with E-state index >= 15 is 0 Å². The highest BCUT2D eigenvalue weighted by atomic mass is 35.5. The van der Waals surface area contributed by atoms with Crippen LogP contribution in [0.4, 0.5) is 5.69 Å². The molecule has 160 valence electrons. The van der Waals surface area contributed by atoms with Gasteiger partial charge in [0.2, 0.25) is 11.8 Å². The normalized spacial score (nSPS) is 18.9. The molecule has 0 aromatic heterocycles. The van der Waals surface area contributed by atoms with Crippen molar-refractivity contribution >= 4 is 29.1 Å². The Labute approximate surface area is 183 Å². The highest BCUT2D eigenvalue weighted by molar-refractivity contribution is 6.33. The molecule has 0 aliphatic carbocycles. The van der Waals surface area contributed by atoms with Crippen LogP contribution in [0, 0.1) is 12.8 Å². The van der Waals surface area contributed by atoms with Gasteiger partial charge in [-0.3, -0.25) is 9.59 Å². The van der Waals surface area contributed by atoms with E-state index in [4.69, 9.17) is 16.3 Å². The number of benzene rings is 2. The van der Waals surface area contributed by atoms with Crippen LogP contribution in [0.25, 0.3) is 0 Å². The summed E-state index contributed by atoms with van der Waals surface area (Å²) in [4.78, 5) is 28.1. The highest BCUT2D eigenvalue weighted by Crippen LogP contribution is 2.41. The van der Waals surface area contributed by atoms with Crippen molar-refractivity contribution in [2.45, 2.75) is 45.6 Å². The third-order valence-corrected chi connectivity index (χ3v) is 5.95. The van der Waals surface area contributed by atoms with Gasteiger partial charge in [-0.1, -0.05) is 49.2 Å². The number of nitrogens with zero attached hydrogens (tertiary/aromatic N) is 1. The van der Waals surface area contributed by atoms with E-state index in [1.165, 1.54) is 0 Å². The van der Waals surface area contributed by atoms with Gasteiger partial charge in [0.25, 0.3) is 0 Å². The maximum Gasteiger partial charge on any atom is 0.229 e. The van der Waals surface area contributed by atoms with Gasteiger partial charge >= 0.3 is 0 Å². The summed E-state index contributed by atoms with van der Waals surface area (Å²) in [5.41, 5.74) is 2.47. The predicted molar refractivity (Wildman–Crippen MR) is 120 cm³/mol. The summed E-state index contributed by atoms with van der Waals surface area (Å²) in [7, 11) is 1.61. The molecule has 1 fully saturated rings. The van der Waals surface area contributed by atoms with E-state index in [0.29, 0.717) is 35.8 Å². The second-order valence-corrected chi connectivity index (χ2v) is 8.15. The number of unbranched alkanes of at least 4 members (excludes halogenated alkanes) is 1. The van der Waals surface area contributed by atoms with Gasteiger partial charge in [0.05, 0.1) is 29.8 Å². The van der Waals surface area contributed by atoms with Crippen LogP contribution in [0.15, 0.2) is 42.5 Å². The van der Waals surface area contributed by atoms with Crippen LogP contribution in [0.5, 0.6) is 5.75 Å². The minimum absolute atomic E-state index is 0.0803. The quantitative estimate of drug-likeness (QED) is 0.644. The molecule has 30 heavy (non-hydrogen) atoms. The topological polar surface area (TPSA) is 58.6 Å². The van der Waals surface area contributed by atoms with E-state index in [2.05, 4.69) is 12.2 Å². The van der Waals surface area contributed by atoms with E-state index in [1.54, 1.807) is 7.11 Å². The number of rotatable bonds is 7. The van der Waals surface area contributed by atoms with Gasteiger partial charge in [-0.2, -0.15) is 0 Å². The number of hydrogen-bond acceptors (Lipinski definition) is 3. The molecule has 1 N–H and O–H groups in total. The number of halogens is 1. The monoisotopic (exact) mass is 428 g/mol. The number of ether oxygens (including phenoxy) is 1. The zero-order valence-electron chi connectivity index (χ0n) is 17.8. The molecule has 0 bridgehead atoms. The van der Waals surface area contributed by atoms with E-state index < -0.39 is 5.92 Å². The molecule has 0 radical (unpaired) electrons. The molecule has 2 aromatic rings. The predicted octanol–water partition coefficient (Wildman–Crippen LogP) is 5.38. The Hall–Kier alpha value is -2.53. The van der Waals surface area contributed by atoms with Gasteiger partial charge in [0, 0.05) is 18.5 Å². The third kappa shape index (κ3) is 4.78. The fourth-order valence-electron chi connectivity index (χ4n) is 4.06. The Balaban J connectivity index is 1.97. The second kappa shape index (κ2) is 9.98. The number of carbonyl (C=O) groups excluding carboxylic acids is 2. The van der Waals surface area contributed by atoms with E-state index in [9.17, 15) is 9.59 Å². The summed E-state index contributed by atoms with van der Waals surface area (Å²) >= 11 is 6.33. The Kier molecular flexibility index (Phi) is 7.38. The van der Waals surface area contributed by atoms with Crippen molar-refractivity contribution in [3.63, 3.8) is 0 Å². The lowest BCUT2D eigenvalue weighted by atomic mass is 9.83. The molecule has 2 atom stereocenters. The fourth-order valence-corrected chi connectivity index (χ4v) is 4.34.